The number of hydrogen-bond acceptors (Lipinski definition) is 5. The number of pyridine rings is 1. The fourth-order valence-corrected chi connectivity index (χ4v) is 2.80. The average Bonchev–Trinajstić information content (AvgIpc) is 2.73. The molecule has 0 aliphatic rings. The van der Waals surface area contributed by atoms with Crippen molar-refractivity contribution in [2.24, 2.45) is 0 Å². The summed E-state index contributed by atoms with van der Waals surface area (Å²) in [4.78, 5) is 15.7. The van der Waals surface area contributed by atoms with E-state index in [1.54, 1.807) is 0 Å². The first-order chi connectivity index (χ1) is 13.3. The SMILES string of the molecule is CCCCNc1nc(-c2ccccc2)cc(N(C)CCc2ccncc2)n1. The van der Waals surface area contributed by atoms with Crippen LogP contribution in [0.2, 0.25) is 0 Å². The summed E-state index contributed by atoms with van der Waals surface area (Å²) in [5, 5.41) is 3.37. The zero-order valence-electron chi connectivity index (χ0n) is 16.1. The molecule has 0 fully saturated rings. The molecule has 0 atom stereocenters. The number of likely N-dealkylation sites (N-methyl/N-ethyl adjacent to an activating group) is 1. The summed E-state index contributed by atoms with van der Waals surface area (Å²) < 4.78 is 0. The predicted octanol–water partition coefficient (Wildman–Crippen LogP) is 4.43. The van der Waals surface area contributed by atoms with Gasteiger partial charge >= 0.3 is 0 Å². The zero-order chi connectivity index (χ0) is 18.9. The fourth-order valence-electron chi connectivity index (χ4n) is 2.80. The smallest absolute Gasteiger partial charge is 0.225 e. The quantitative estimate of drug-likeness (QED) is 0.572. The first-order valence-corrected chi connectivity index (χ1v) is 9.54. The fraction of sp³-hybridized carbons (Fsp3) is 0.318. The number of rotatable bonds is 9. The van der Waals surface area contributed by atoms with Crippen molar-refractivity contribution in [1.82, 2.24) is 15.0 Å². The molecule has 5 nitrogen and oxygen atoms in total. The van der Waals surface area contributed by atoms with E-state index in [0.717, 1.165) is 49.4 Å². The van der Waals surface area contributed by atoms with Gasteiger partial charge in [-0.3, -0.25) is 4.98 Å². The molecule has 0 spiro atoms. The Balaban J connectivity index is 1.80. The third-order valence-electron chi connectivity index (χ3n) is 4.47. The maximum atomic E-state index is 4.73. The van der Waals surface area contributed by atoms with Crippen molar-refractivity contribution in [3.8, 4) is 11.3 Å². The van der Waals surface area contributed by atoms with E-state index < -0.39 is 0 Å². The van der Waals surface area contributed by atoms with Crippen molar-refractivity contribution in [3.63, 3.8) is 0 Å². The Hall–Kier alpha value is -2.95. The summed E-state index contributed by atoms with van der Waals surface area (Å²) >= 11 is 0. The summed E-state index contributed by atoms with van der Waals surface area (Å²) in [5.41, 5.74) is 3.31. The first kappa shape index (κ1) is 18.8. The first-order valence-electron chi connectivity index (χ1n) is 9.54. The number of hydrogen-bond donors (Lipinski definition) is 1. The molecule has 0 unspecified atom stereocenters. The molecule has 0 bridgehead atoms. The molecule has 0 aliphatic carbocycles. The lowest BCUT2D eigenvalue weighted by atomic mass is 10.1. The molecule has 0 saturated heterocycles. The highest BCUT2D eigenvalue weighted by Gasteiger charge is 2.10. The van der Waals surface area contributed by atoms with E-state index in [0.29, 0.717) is 5.95 Å². The zero-order valence-corrected chi connectivity index (χ0v) is 16.1. The van der Waals surface area contributed by atoms with Gasteiger partial charge in [0.2, 0.25) is 5.95 Å². The second-order valence-electron chi connectivity index (χ2n) is 6.61. The van der Waals surface area contributed by atoms with Crippen LogP contribution in [0.3, 0.4) is 0 Å². The van der Waals surface area contributed by atoms with Crippen molar-refractivity contribution in [2.45, 2.75) is 26.2 Å². The van der Waals surface area contributed by atoms with E-state index >= 15 is 0 Å². The van der Waals surface area contributed by atoms with Gasteiger partial charge in [-0.1, -0.05) is 43.7 Å². The number of nitrogens with one attached hydrogen (secondary N) is 1. The number of nitrogens with zero attached hydrogens (tertiary/aromatic N) is 4. The summed E-state index contributed by atoms with van der Waals surface area (Å²) in [6, 6.07) is 16.4. The van der Waals surface area contributed by atoms with Crippen LogP contribution in [0.25, 0.3) is 11.3 Å². The van der Waals surface area contributed by atoms with E-state index in [4.69, 9.17) is 9.97 Å². The molecule has 3 aromatic rings. The van der Waals surface area contributed by atoms with Crippen LogP contribution in [0, 0.1) is 0 Å². The Morgan fingerprint density at radius 3 is 2.52 bits per heavy atom. The van der Waals surface area contributed by atoms with Crippen LogP contribution >= 0.6 is 0 Å². The summed E-state index contributed by atoms with van der Waals surface area (Å²) in [6.45, 7) is 3.94. The Bertz CT molecular complexity index is 821. The molecule has 5 heteroatoms. The summed E-state index contributed by atoms with van der Waals surface area (Å²) in [7, 11) is 2.08. The summed E-state index contributed by atoms with van der Waals surface area (Å²) in [6.07, 6.45) is 6.87. The van der Waals surface area contributed by atoms with Gasteiger partial charge in [-0.15, -0.1) is 0 Å². The minimum absolute atomic E-state index is 0.690. The average molecular weight is 361 g/mol. The summed E-state index contributed by atoms with van der Waals surface area (Å²) in [5.74, 6) is 1.62. The van der Waals surface area contributed by atoms with Crippen LogP contribution in [0.1, 0.15) is 25.3 Å². The largest absolute Gasteiger partial charge is 0.359 e. The van der Waals surface area contributed by atoms with Gasteiger partial charge in [0.15, 0.2) is 0 Å². The van der Waals surface area contributed by atoms with Crippen LogP contribution in [0.4, 0.5) is 11.8 Å². The number of benzene rings is 1. The highest BCUT2D eigenvalue weighted by Crippen LogP contribution is 2.23. The molecule has 2 aromatic heterocycles. The second kappa shape index (κ2) is 9.67. The Labute approximate surface area is 161 Å². The van der Waals surface area contributed by atoms with Crippen LogP contribution < -0.4 is 10.2 Å². The molecule has 0 saturated carbocycles. The molecule has 3 rings (SSSR count). The minimum atomic E-state index is 0.690. The van der Waals surface area contributed by atoms with Gasteiger partial charge in [-0.05, 0) is 30.5 Å². The van der Waals surface area contributed by atoms with Gasteiger partial charge in [-0.25, -0.2) is 4.98 Å². The van der Waals surface area contributed by atoms with E-state index in [1.165, 1.54) is 5.56 Å². The van der Waals surface area contributed by atoms with Crippen molar-refractivity contribution in [2.75, 3.05) is 30.4 Å². The van der Waals surface area contributed by atoms with Crippen LogP contribution in [-0.2, 0) is 6.42 Å². The molecule has 0 aliphatic heterocycles. The lowest BCUT2D eigenvalue weighted by Crippen LogP contribution is -2.22. The topological polar surface area (TPSA) is 53.9 Å². The maximum Gasteiger partial charge on any atom is 0.225 e. The van der Waals surface area contributed by atoms with Crippen LogP contribution in [-0.4, -0.2) is 35.1 Å². The number of aromatic nitrogens is 3. The Kier molecular flexibility index (Phi) is 6.74. The standard InChI is InChI=1S/C22H27N5/c1-3-4-13-24-22-25-20(19-8-6-5-7-9-19)17-21(26-22)27(2)16-12-18-10-14-23-15-11-18/h5-11,14-15,17H,3-4,12-13,16H2,1-2H3,(H,24,25,26). The normalized spacial score (nSPS) is 10.6. The van der Waals surface area contributed by atoms with Crippen LogP contribution in [0.15, 0.2) is 60.9 Å². The molecule has 140 valence electrons. The molecule has 27 heavy (non-hydrogen) atoms. The highest BCUT2D eigenvalue weighted by molar-refractivity contribution is 5.64. The molecule has 0 amide bonds. The van der Waals surface area contributed by atoms with Crippen molar-refractivity contribution >= 4 is 11.8 Å². The second-order valence-corrected chi connectivity index (χ2v) is 6.61. The van der Waals surface area contributed by atoms with E-state index in [1.807, 2.05) is 30.6 Å². The van der Waals surface area contributed by atoms with Gasteiger partial charge in [-0.2, -0.15) is 4.98 Å². The van der Waals surface area contributed by atoms with Gasteiger partial charge in [0.05, 0.1) is 5.69 Å². The van der Waals surface area contributed by atoms with Crippen molar-refractivity contribution < 1.29 is 0 Å². The lowest BCUT2D eigenvalue weighted by molar-refractivity contribution is 0.821. The minimum Gasteiger partial charge on any atom is -0.359 e. The molecule has 0 radical (unpaired) electrons. The molecular weight excluding hydrogens is 334 g/mol. The third kappa shape index (κ3) is 5.51. The van der Waals surface area contributed by atoms with Gasteiger partial charge in [0.1, 0.15) is 5.82 Å². The maximum absolute atomic E-state index is 4.73. The third-order valence-corrected chi connectivity index (χ3v) is 4.47. The molecule has 1 N–H and O–H groups in total. The molecular formula is C22H27N5. The Morgan fingerprint density at radius 2 is 1.78 bits per heavy atom. The van der Waals surface area contributed by atoms with E-state index in [-0.39, 0.29) is 0 Å². The monoisotopic (exact) mass is 361 g/mol. The van der Waals surface area contributed by atoms with Gasteiger partial charge in [0.25, 0.3) is 0 Å². The van der Waals surface area contributed by atoms with Gasteiger partial charge < -0.3 is 10.2 Å². The number of anilines is 2. The van der Waals surface area contributed by atoms with Crippen molar-refractivity contribution in [3.05, 3.63) is 66.5 Å². The predicted molar refractivity (Wildman–Crippen MR) is 112 cm³/mol. The van der Waals surface area contributed by atoms with E-state index in [2.05, 4.69) is 59.5 Å². The molecule has 2 heterocycles. The van der Waals surface area contributed by atoms with Gasteiger partial charge in [0, 0.05) is 44.2 Å². The number of unbranched alkanes of at least 4 members (excludes halogenated alkanes) is 1. The van der Waals surface area contributed by atoms with Crippen LogP contribution in [0.5, 0.6) is 0 Å². The highest BCUT2D eigenvalue weighted by atomic mass is 15.2. The molecule has 1 aromatic carbocycles. The lowest BCUT2D eigenvalue weighted by Gasteiger charge is -2.20. The van der Waals surface area contributed by atoms with Crippen molar-refractivity contribution in [1.29, 1.82) is 0 Å². The van der Waals surface area contributed by atoms with E-state index in [9.17, 15) is 0 Å². The Morgan fingerprint density at radius 1 is 1.00 bits per heavy atom.